The standard InChI is InChI=1S/C14H10BrCl2FO/c15-10-5-4-9(18)6-8(10)7-13(19)14-11(16)2-1-3-12(14)17/h1-6,13,19H,7H2. The lowest BCUT2D eigenvalue weighted by Crippen LogP contribution is -2.04. The molecule has 1 N–H and O–H groups in total. The zero-order valence-electron chi connectivity index (χ0n) is 9.71. The van der Waals surface area contributed by atoms with Gasteiger partial charge >= 0.3 is 0 Å². The number of rotatable bonds is 3. The van der Waals surface area contributed by atoms with Gasteiger partial charge in [-0.1, -0.05) is 45.2 Å². The molecule has 1 atom stereocenters. The Morgan fingerprint density at radius 1 is 1.16 bits per heavy atom. The van der Waals surface area contributed by atoms with Crippen molar-refractivity contribution in [3.63, 3.8) is 0 Å². The van der Waals surface area contributed by atoms with Crippen LogP contribution in [0, 0.1) is 5.82 Å². The third kappa shape index (κ3) is 3.48. The molecule has 100 valence electrons. The lowest BCUT2D eigenvalue weighted by atomic mass is 10.0. The first-order valence-electron chi connectivity index (χ1n) is 5.55. The minimum atomic E-state index is -0.890. The van der Waals surface area contributed by atoms with Gasteiger partial charge in [-0.25, -0.2) is 4.39 Å². The van der Waals surface area contributed by atoms with Gasteiger partial charge in [0.15, 0.2) is 0 Å². The van der Waals surface area contributed by atoms with Gasteiger partial charge < -0.3 is 5.11 Å². The summed E-state index contributed by atoms with van der Waals surface area (Å²) in [6.07, 6.45) is -0.666. The number of aliphatic hydroxyl groups excluding tert-OH is 1. The Bertz CT molecular complexity index is 584. The van der Waals surface area contributed by atoms with Gasteiger partial charge in [-0.05, 0) is 35.9 Å². The molecular formula is C14H10BrCl2FO. The second-order valence-corrected chi connectivity index (χ2v) is 5.76. The first-order chi connectivity index (χ1) is 8.99. The number of hydrogen-bond acceptors (Lipinski definition) is 1. The smallest absolute Gasteiger partial charge is 0.123 e. The minimum Gasteiger partial charge on any atom is -0.388 e. The molecular weight excluding hydrogens is 354 g/mol. The van der Waals surface area contributed by atoms with Crippen LogP contribution >= 0.6 is 39.1 Å². The monoisotopic (exact) mass is 362 g/mol. The minimum absolute atomic E-state index is 0.224. The summed E-state index contributed by atoms with van der Waals surface area (Å²) < 4.78 is 13.9. The highest BCUT2D eigenvalue weighted by atomic mass is 79.9. The first-order valence-corrected chi connectivity index (χ1v) is 7.10. The molecule has 0 aliphatic rings. The number of halogens is 4. The fourth-order valence-corrected chi connectivity index (χ4v) is 2.90. The van der Waals surface area contributed by atoms with E-state index in [2.05, 4.69) is 15.9 Å². The van der Waals surface area contributed by atoms with E-state index in [0.29, 0.717) is 21.2 Å². The Kier molecular flexibility index (Phi) is 4.85. The summed E-state index contributed by atoms with van der Waals surface area (Å²) >= 11 is 15.4. The molecule has 5 heteroatoms. The number of hydrogen-bond donors (Lipinski definition) is 1. The second-order valence-electron chi connectivity index (χ2n) is 4.09. The van der Waals surface area contributed by atoms with Crippen LogP contribution in [0.2, 0.25) is 10.0 Å². The third-order valence-corrected chi connectivity index (χ3v) is 4.19. The van der Waals surface area contributed by atoms with Crippen molar-refractivity contribution in [3.05, 3.63) is 67.9 Å². The Hall–Kier alpha value is -0.610. The molecule has 2 rings (SSSR count). The molecule has 0 saturated heterocycles. The van der Waals surface area contributed by atoms with Crippen molar-refractivity contribution in [3.8, 4) is 0 Å². The van der Waals surface area contributed by atoms with Gasteiger partial charge in [0.05, 0.1) is 6.10 Å². The van der Waals surface area contributed by atoms with E-state index in [1.54, 1.807) is 24.3 Å². The Labute approximate surface area is 129 Å². The third-order valence-electron chi connectivity index (χ3n) is 2.75. The molecule has 0 saturated carbocycles. The summed E-state index contributed by atoms with van der Waals surface area (Å²) in [5.74, 6) is -0.351. The lowest BCUT2D eigenvalue weighted by molar-refractivity contribution is 0.178. The van der Waals surface area contributed by atoms with Crippen molar-refractivity contribution in [2.45, 2.75) is 12.5 Å². The molecule has 0 heterocycles. The van der Waals surface area contributed by atoms with E-state index in [9.17, 15) is 9.50 Å². The topological polar surface area (TPSA) is 20.2 Å². The van der Waals surface area contributed by atoms with E-state index in [0.717, 1.165) is 4.47 Å². The molecule has 0 amide bonds. The molecule has 0 aliphatic carbocycles. The number of aliphatic hydroxyl groups is 1. The Morgan fingerprint density at radius 3 is 2.42 bits per heavy atom. The average Bonchev–Trinajstić information content (AvgIpc) is 2.33. The van der Waals surface area contributed by atoms with Crippen molar-refractivity contribution in [2.75, 3.05) is 0 Å². The predicted octanol–water partition coefficient (Wildman–Crippen LogP) is 5.17. The summed E-state index contributed by atoms with van der Waals surface area (Å²) in [6.45, 7) is 0. The molecule has 1 nitrogen and oxygen atoms in total. The van der Waals surface area contributed by atoms with Crippen molar-refractivity contribution < 1.29 is 9.50 Å². The van der Waals surface area contributed by atoms with Gasteiger partial charge in [0.1, 0.15) is 5.82 Å². The summed E-state index contributed by atoms with van der Waals surface area (Å²) in [5.41, 5.74) is 1.12. The van der Waals surface area contributed by atoms with Gasteiger partial charge in [-0.2, -0.15) is 0 Å². The quantitative estimate of drug-likeness (QED) is 0.797. The fraction of sp³-hybridized carbons (Fsp3) is 0.143. The molecule has 0 aliphatic heterocycles. The van der Waals surface area contributed by atoms with Crippen LogP contribution in [0.15, 0.2) is 40.9 Å². The molecule has 1 unspecified atom stereocenters. The molecule has 0 radical (unpaired) electrons. The summed E-state index contributed by atoms with van der Waals surface area (Å²) in [4.78, 5) is 0. The maximum Gasteiger partial charge on any atom is 0.123 e. The van der Waals surface area contributed by atoms with Gasteiger partial charge in [0, 0.05) is 26.5 Å². The highest BCUT2D eigenvalue weighted by Gasteiger charge is 2.17. The Morgan fingerprint density at radius 2 is 1.79 bits per heavy atom. The normalized spacial score (nSPS) is 12.5. The molecule has 0 spiro atoms. The molecule has 0 fully saturated rings. The second kappa shape index (κ2) is 6.23. The van der Waals surface area contributed by atoms with Gasteiger partial charge in [0.25, 0.3) is 0 Å². The van der Waals surface area contributed by atoms with Crippen molar-refractivity contribution >= 4 is 39.1 Å². The van der Waals surface area contributed by atoms with Gasteiger partial charge in [0.2, 0.25) is 0 Å². The van der Waals surface area contributed by atoms with Crippen LogP contribution in [-0.2, 0) is 6.42 Å². The van der Waals surface area contributed by atoms with Crippen LogP contribution in [0.5, 0.6) is 0 Å². The highest BCUT2D eigenvalue weighted by molar-refractivity contribution is 9.10. The van der Waals surface area contributed by atoms with E-state index >= 15 is 0 Å². The molecule has 0 aromatic heterocycles. The predicted molar refractivity (Wildman–Crippen MR) is 79.2 cm³/mol. The van der Waals surface area contributed by atoms with Gasteiger partial charge in [-0.15, -0.1) is 0 Å². The first kappa shape index (κ1) is 14.8. The lowest BCUT2D eigenvalue weighted by Gasteiger charge is -2.15. The van der Waals surface area contributed by atoms with Crippen LogP contribution in [-0.4, -0.2) is 5.11 Å². The molecule has 2 aromatic rings. The molecule has 19 heavy (non-hydrogen) atoms. The maximum absolute atomic E-state index is 13.2. The van der Waals surface area contributed by atoms with Crippen LogP contribution in [0.3, 0.4) is 0 Å². The van der Waals surface area contributed by atoms with E-state index < -0.39 is 6.10 Å². The highest BCUT2D eigenvalue weighted by Crippen LogP contribution is 2.33. The zero-order chi connectivity index (χ0) is 14.0. The van der Waals surface area contributed by atoms with E-state index in [1.807, 2.05) is 0 Å². The van der Waals surface area contributed by atoms with E-state index in [-0.39, 0.29) is 12.2 Å². The van der Waals surface area contributed by atoms with Crippen molar-refractivity contribution in [1.29, 1.82) is 0 Å². The number of benzene rings is 2. The van der Waals surface area contributed by atoms with E-state index in [4.69, 9.17) is 23.2 Å². The Balaban J connectivity index is 2.31. The largest absolute Gasteiger partial charge is 0.388 e. The van der Waals surface area contributed by atoms with Crippen LogP contribution in [0.25, 0.3) is 0 Å². The van der Waals surface area contributed by atoms with Crippen LogP contribution in [0.4, 0.5) is 4.39 Å². The maximum atomic E-state index is 13.2. The average molecular weight is 364 g/mol. The van der Waals surface area contributed by atoms with Gasteiger partial charge in [-0.3, -0.25) is 0 Å². The van der Waals surface area contributed by atoms with Crippen molar-refractivity contribution in [2.24, 2.45) is 0 Å². The summed E-state index contributed by atoms with van der Waals surface area (Å²) in [5, 5.41) is 11.0. The van der Waals surface area contributed by atoms with Crippen LogP contribution in [0.1, 0.15) is 17.2 Å². The van der Waals surface area contributed by atoms with Crippen LogP contribution < -0.4 is 0 Å². The fourth-order valence-electron chi connectivity index (χ4n) is 1.84. The SMILES string of the molecule is OC(Cc1cc(F)ccc1Br)c1c(Cl)cccc1Cl. The molecule has 2 aromatic carbocycles. The zero-order valence-corrected chi connectivity index (χ0v) is 12.8. The summed E-state index contributed by atoms with van der Waals surface area (Å²) in [6, 6.07) is 9.35. The van der Waals surface area contributed by atoms with E-state index in [1.165, 1.54) is 12.1 Å². The van der Waals surface area contributed by atoms with Crippen molar-refractivity contribution in [1.82, 2.24) is 0 Å². The molecule has 0 bridgehead atoms. The summed E-state index contributed by atoms with van der Waals surface area (Å²) in [7, 11) is 0.